The SMILES string of the molecule is Cc1cccc(C(NC(=O)Cc2ccon2)C(=O)O)c1C. The zero-order chi connectivity index (χ0) is 15.4. The third kappa shape index (κ3) is 3.47. The molecule has 0 saturated carbocycles. The van der Waals surface area contributed by atoms with E-state index in [0.717, 1.165) is 11.1 Å². The number of amides is 1. The maximum atomic E-state index is 11.9. The summed E-state index contributed by atoms with van der Waals surface area (Å²) >= 11 is 0. The molecule has 6 heteroatoms. The molecule has 1 atom stereocenters. The molecular weight excluding hydrogens is 272 g/mol. The van der Waals surface area contributed by atoms with Gasteiger partial charge in [-0.3, -0.25) is 4.79 Å². The van der Waals surface area contributed by atoms with E-state index in [2.05, 4.69) is 15.0 Å². The number of carbonyl (C=O) groups excluding carboxylic acids is 1. The van der Waals surface area contributed by atoms with Crippen molar-refractivity contribution in [2.45, 2.75) is 26.3 Å². The number of benzene rings is 1. The number of hydrogen-bond donors (Lipinski definition) is 2. The molecule has 0 fully saturated rings. The summed E-state index contributed by atoms with van der Waals surface area (Å²) in [6.07, 6.45) is 1.34. The van der Waals surface area contributed by atoms with Crippen molar-refractivity contribution in [1.82, 2.24) is 10.5 Å². The van der Waals surface area contributed by atoms with Gasteiger partial charge in [0.15, 0.2) is 6.04 Å². The average Bonchev–Trinajstić information content (AvgIpc) is 2.92. The van der Waals surface area contributed by atoms with Gasteiger partial charge in [-0.15, -0.1) is 0 Å². The van der Waals surface area contributed by atoms with Crippen LogP contribution in [0.5, 0.6) is 0 Å². The van der Waals surface area contributed by atoms with Gasteiger partial charge < -0.3 is 14.9 Å². The van der Waals surface area contributed by atoms with Crippen molar-refractivity contribution in [1.29, 1.82) is 0 Å². The van der Waals surface area contributed by atoms with E-state index in [-0.39, 0.29) is 6.42 Å². The number of rotatable bonds is 5. The highest BCUT2D eigenvalue weighted by Crippen LogP contribution is 2.21. The monoisotopic (exact) mass is 288 g/mol. The van der Waals surface area contributed by atoms with Crippen LogP contribution in [0, 0.1) is 13.8 Å². The molecule has 21 heavy (non-hydrogen) atoms. The van der Waals surface area contributed by atoms with Crippen LogP contribution in [0.3, 0.4) is 0 Å². The highest BCUT2D eigenvalue weighted by Gasteiger charge is 2.24. The minimum atomic E-state index is -1.10. The topological polar surface area (TPSA) is 92.4 Å². The van der Waals surface area contributed by atoms with Gasteiger partial charge in [-0.2, -0.15) is 0 Å². The van der Waals surface area contributed by atoms with E-state index in [4.69, 9.17) is 0 Å². The predicted octanol–water partition coefficient (Wildman–Crippen LogP) is 1.78. The molecule has 0 aliphatic rings. The van der Waals surface area contributed by atoms with Gasteiger partial charge in [0.1, 0.15) is 6.26 Å². The molecule has 0 saturated heterocycles. The van der Waals surface area contributed by atoms with Crippen LogP contribution in [0.2, 0.25) is 0 Å². The molecule has 0 spiro atoms. The number of aromatic nitrogens is 1. The molecule has 0 radical (unpaired) electrons. The van der Waals surface area contributed by atoms with E-state index in [1.807, 2.05) is 19.9 Å². The lowest BCUT2D eigenvalue weighted by Gasteiger charge is -2.18. The number of nitrogens with one attached hydrogen (secondary N) is 1. The van der Waals surface area contributed by atoms with Gasteiger partial charge in [0.2, 0.25) is 5.91 Å². The van der Waals surface area contributed by atoms with Gasteiger partial charge in [-0.1, -0.05) is 23.4 Å². The van der Waals surface area contributed by atoms with Crippen molar-refractivity contribution in [2.24, 2.45) is 0 Å². The zero-order valence-electron chi connectivity index (χ0n) is 11.8. The second-order valence-corrected chi connectivity index (χ2v) is 4.80. The molecule has 1 unspecified atom stereocenters. The molecule has 0 bridgehead atoms. The van der Waals surface area contributed by atoms with Crippen molar-refractivity contribution in [3.63, 3.8) is 0 Å². The first-order chi connectivity index (χ1) is 9.99. The Kier molecular flexibility index (Phi) is 4.37. The Morgan fingerprint density at radius 1 is 1.33 bits per heavy atom. The lowest BCUT2D eigenvalue weighted by atomic mass is 9.97. The number of aliphatic carboxylic acids is 1. The molecule has 2 N–H and O–H groups in total. The number of carboxylic acid groups (broad SMARTS) is 1. The molecule has 0 aliphatic carbocycles. The fraction of sp³-hybridized carbons (Fsp3) is 0.267. The van der Waals surface area contributed by atoms with Gasteiger partial charge in [0, 0.05) is 6.07 Å². The third-order valence-electron chi connectivity index (χ3n) is 3.34. The minimum absolute atomic E-state index is 0.0227. The Labute approximate surface area is 121 Å². The molecule has 1 heterocycles. The van der Waals surface area contributed by atoms with Gasteiger partial charge >= 0.3 is 5.97 Å². The van der Waals surface area contributed by atoms with Crippen molar-refractivity contribution >= 4 is 11.9 Å². The van der Waals surface area contributed by atoms with Crippen LogP contribution in [-0.4, -0.2) is 22.1 Å². The molecule has 1 amide bonds. The summed E-state index contributed by atoms with van der Waals surface area (Å²) in [5.74, 6) is -1.52. The van der Waals surface area contributed by atoms with Crippen LogP contribution in [0.4, 0.5) is 0 Å². The van der Waals surface area contributed by atoms with E-state index >= 15 is 0 Å². The molecule has 0 aliphatic heterocycles. The van der Waals surface area contributed by atoms with E-state index < -0.39 is 17.9 Å². The fourth-order valence-electron chi connectivity index (χ4n) is 2.06. The summed E-state index contributed by atoms with van der Waals surface area (Å²) in [5, 5.41) is 15.5. The average molecular weight is 288 g/mol. The maximum absolute atomic E-state index is 11.9. The Balaban J connectivity index is 2.18. The highest BCUT2D eigenvalue weighted by molar-refractivity contribution is 5.85. The first-order valence-corrected chi connectivity index (χ1v) is 6.46. The zero-order valence-corrected chi connectivity index (χ0v) is 11.8. The summed E-state index contributed by atoms with van der Waals surface area (Å²) in [4.78, 5) is 23.4. The summed E-state index contributed by atoms with van der Waals surface area (Å²) < 4.78 is 4.64. The second kappa shape index (κ2) is 6.21. The van der Waals surface area contributed by atoms with Crippen LogP contribution < -0.4 is 5.32 Å². The normalized spacial score (nSPS) is 11.9. The number of nitrogens with zero attached hydrogens (tertiary/aromatic N) is 1. The Morgan fingerprint density at radius 3 is 2.71 bits per heavy atom. The second-order valence-electron chi connectivity index (χ2n) is 4.80. The molecule has 1 aromatic carbocycles. The van der Waals surface area contributed by atoms with Crippen LogP contribution >= 0.6 is 0 Å². The van der Waals surface area contributed by atoms with E-state index in [9.17, 15) is 14.7 Å². The van der Waals surface area contributed by atoms with Gasteiger partial charge in [0.05, 0.1) is 12.1 Å². The number of carboxylic acids is 1. The first kappa shape index (κ1) is 14.8. The Bertz CT molecular complexity index is 650. The summed E-state index contributed by atoms with van der Waals surface area (Å²) in [6, 6.07) is 5.86. The van der Waals surface area contributed by atoms with Gasteiger partial charge in [-0.05, 0) is 30.5 Å². The van der Waals surface area contributed by atoms with E-state index in [0.29, 0.717) is 11.3 Å². The first-order valence-electron chi connectivity index (χ1n) is 6.46. The molecule has 6 nitrogen and oxygen atoms in total. The Morgan fingerprint density at radius 2 is 2.10 bits per heavy atom. The summed E-state index contributed by atoms with van der Waals surface area (Å²) in [7, 11) is 0. The Hall–Kier alpha value is -2.63. The number of carbonyl (C=O) groups is 2. The molecule has 1 aromatic heterocycles. The molecule has 110 valence electrons. The van der Waals surface area contributed by atoms with Crippen LogP contribution in [-0.2, 0) is 16.0 Å². The quantitative estimate of drug-likeness (QED) is 0.874. The van der Waals surface area contributed by atoms with Gasteiger partial charge in [0.25, 0.3) is 0 Å². The summed E-state index contributed by atoms with van der Waals surface area (Å²) in [5.41, 5.74) is 2.87. The van der Waals surface area contributed by atoms with Crippen LogP contribution in [0.1, 0.15) is 28.4 Å². The number of hydrogen-bond acceptors (Lipinski definition) is 4. The number of aryl methyl sites for hydroxylation is 1. The fourth-order valence-corrected chi connectivity index (χ4v) is 2.06. The molecule has 2 aromatic rings. The third-order valence-corrected chi connectivity index (χ3v) is 3.34. The molecule has 2 rings (SSSR count). The summed E-state index contributed by atoms with van der Waals surface area (Å²) in [6.45, 7) is 3.74. The van der Waals surface area contributed by atoms with Crippen molar-refractivity contribution in [3.8, 4) is 0 Å². The standard InChI is InChI=1S/C15H16N2O4/c1-9-4-3-5-12(10(9)2)14(15(19)20)16-13(18)8-11-6-7-21-17-11/h3-7,14H,8H2,1-2H3,(H,16,18)(H,19,20). The minimum Gasteiger partial charge on any atom is -0.479 e. The van der Waals surface area contributed by atoms with Gasteiger partial charge in [-0.25, -0.2) is 4.79 Å². The van der Waals surface area contributed by atoms with Crippen LogP contribution in [0.15, 0.2) is 35.1 Å². The van der Waals surface area contributed by atoms with Crippen molar-refractivity contribution < 1.29 is 19.2 Å². The van der Waals surface area contributed by atoms with Crippen LogP contribution in [0.25, 0.3) is 0 Å². The largest absolute Gasteiger partial charge is 0.479 e. The van der Waals surface area contributed by atoms with E-state index in [1.165, 1.54) is 6.26 Å². The highest BCUT2D eigenvalue weighted by atomic mass is 16.5. The smallest absolute Gasteiger partial charge is 0.330 e. The van der Waals surface area contributed by atoms with E-state index in [1.54, 1.807) is 18.2 Å². The maximum Gasteiger partial charge on any atom is 0.330 e. The lowest BCUT2D eigenvalue weighted by molar-refractivity contribution is -0.142. The lowest BCUT2D eigenvalue weighted by Crippen LogP contribution is -2.35. The van der Waals surface area contributed by atoms with Crippen molar-refractivity contribution in [3.05, 3.63) is 52.9 Å². The predicted molar refractivity (Wildman–Crippen MR) is 74.6 cm³/mol. The van der Waals surface area contributed by atoms with Crippen molar-refractivity contribution in [2.75, 3.05) is 0 Å². The molecular formula is C15H16N2O4.